The maximum Gasteiger partial charge on any atom is 0.197 e. The van der Waals surface area contributed by atoms with Crippen molar-refractivity contribution < 1.29 is 9.53 Å². The number of methoxy groups -OCH3 is 1. The minimum absolute atomic E-state index is 0.00282. The van der Waals surface area contributed by atoms with Crippen LogP contribution in [0.3, 0.4) is 0 Å². The number of fused-ring (bicyclic) bond motifs is 2. The van der Waals surface area contributed by atoms with Crippen molar-refractivity contribution >= 4 is 27.6 Å². The van der Waals surface area contributed by atoms with Gasteiger partial charge in [-0.3, -0.25) is 4.79 Å². The molecule has 0 radical (unpaired) electrons. The highest BCUT2D eigenvalue weighted by Crippen LogP contribution is 2.27. The second-order valence-electron chi connectivity index (χ2n) is 5.19. The quantitative estimate of drug-likeness (QED) is 0.562. The Morgan fingerprint density at radius 1 is 0.909 bits per heavy atom. The first-order chi connectivity index (χ1) is 10.8. The van der Waals surface area contributed by atoms with E-state index in [4.69, 9.17) is 4.74 Å². The zero-order valence-electron chi connectivity index (χ0n) is 12.0. The summed E-state index contributed by atoms with van der Waals surface area (Å²) in [7, 11) is 1.62. The Hall–Kier alpha value is -3.01. The number of carbonyl (C=O) groups excluding carboxylic acids is 1. The van der Waals surface area contributed by atoms with E-state index in [0.717, 1.165) is 27.6 Å². The average Bonchev–Trinajstić information content (AvgIpc) is 3.17. The monoisotopic (exact) mass is 290 g/mol. The van der Waals surface area contributed by atoms with E-state index in [1.54, 1.807) is 19.5 Å². The van der Waals surface area contributed by atoms with Crippen LogP contribution in [0, 0.1) is 0 Å². The second kappa shape index (κ2) is 4.77. The van der Waals surface area contributed by atoms with Crippen molar-refractivity contribution in [1.29, 1.82) is 0 Å². The van der Waals surface area contributed by atoms with Crippen molar-refractivity contribution in [2.75, 3.05) is 7.11 Å². The van der Waals surface area contributed by atoms with Crippen LogP contribution < -0.4 is 4.74 Å². The number of ketones is 1. The van der Waals surface area contributed by atoms with Crippen molar-refractivity contribution in [1.82, 2.24) is 9.97 Å². The Morgan fingerprint density at radius 2 is 1.59 bits per heavy atom. The van der Waals surface area contributed by atoms with E-state index in [0.29, 0.717) is 11.1 Å². The summed E-state index contributed by atoms with van der Waals surface area (Å²) in [5, 5.41) is 1.80. The van der Waals surface area contributed by atoms with Gasteiger partial charge in [-0.2, -0.15) is 0 Å². The summed E-state index contributed by atoms with van der Waals surface area (Å²) in [6.07, 6.45) is 3.53. The van der Waals surface area contributed by atoms with Gasteiger partial charge in [0, 0.05) is 45.3 Å². The Kier molecular flexibility index (Phi) is 2.76. The van der Waals surface area contributed by atoms with Crippen molar-refractivity contribution in [3.05, 3.63) is 66.0 Å². The fourth-order valence-electron chi connectivity index (χ4n) is 2.82. The summed E-state index contributed by atoms with van der Waals surface area (Å²) in [5.41, 5.74) is 3.21. The van der Waals surface area contributed by atoms with Crippen LogP contribution >= 0.6 is 0 Å². The standard InChI is InChI=1S/C18H14N2O2/c1-22-11-6-7-17-13(8-11)15(10-20-17)18(21)14-9-19-16-5-3-2-4-12(14)16/h2-10,19-20H,1H3. The number of hydrogen-bond donors (Lipinski definition) is 2. The SMILES string of the molecule is COc1ccc2[nH]cc(C(=O)c3c[nH]c4ccccc34)c2c1. The van der Waals surface area contributed by atoms with Crippen molar-refractivity contribution in [2.24, 2.45) is 0 Å². The van der Waals surface area contributed by atoms with E-state index < -0.39 is 0 Å². The van der Waals surface area contributed by atoms with Crippen LogP contribution in [0.25, 0.3) is 21.8 Å². The number of H-pyrrole nitrogens is 2. The van der Waals surface area contributed by atoms with Crippen LogP contribution in [0.4, 0.5) is 0 Å². The molecule has 0 fully saturated rings. The molecule has 4 heteroatoms. The molecule has 0 bridgehead atoms. The molecule has 108 valence electrons. The minimum atomic E-state index is -0.00282. The van der Waals surface area contributed by atoms with Crippen LogP contribution in [0.15, 0.2) is 54.9 Å². The number of aromatic nitrogens is 2. The number of rotatable bonds is 3. The molecule has 0 amide bonds. The Bertz CT molecular complexity index is 995. The van der Waals surface area contributed by atoms with Gasteiger partial charge in [-0.25, -0.2) is 0 Å². The van der Waals surface area contributed by atoms with Gasteiger partial charge in [-0.05, 0) is 24.3 Å². The molecule has 0 saturated heterocycles. The fraction of sp³-hybridized carbons (Fsp3) is 0.0556. The lowest BCUT2D eigenvalue weighted by Gasteiger charge is -2.01. The van der Waals surface area contributed by atoms with E-state index in [1.807, 2.05) is 42.5 Å². The Balaban J connectivity index is 1.89. The highest BCUT2D eigenvalue weighted by molar-refractivity contribution is 6.21. The summed E-state index contributed by atoms with van der Waals surface area (Å²) in [6, 6.07) is 13.5. The van der Waals surface area contributed by atoms with Crippen LogP contribution in [0.1, 0.15) is 15.9 Å². The number of benzene rings is 2. The molecule has 2 aromatic carbocycles. The number of aromatic amines is 2. The van der Waals surface area contributed by atoms with Gasteiger partial charge in [0.25, 0.3) is 0 Å². The molecule has 2 aromatic heterocycles. The zero-order chi connectivity index (χ0) is 15.1. The molecule has 0 saturated carbocycles. The molecule has 4 aromatic rings. The molecule has 4 rings (SSSR count). The van der Waals surface area contributed by atoms with Crippen LogP contribution in [0.2, 0.25) is 0 Å². The predicted octanol–water partition coefficient (Wildman–Crippen LogP) is 3.89. The van der Waals surface area contributed by atoms with Gasteiger partial charge in [0.05, 0.1) is 7.11 Å². The lowest BCUT2D eigenvalue weighted by Crippen LogP contribution is -1.99. The first-order valence-corrected chi connectivity index (χ1v) is 7.04. The van der Waals surface area contributed by atoms with E-state index >= 15 is 0 Å². The van der Waals surface area contributed by atoms with Gasteiger partial charge in [0.2, 0.25) is 0 Å². The normalized spacial score (nSPS) is 11.1. The van der Waals surface area contributed by atoms with E-state index in [2.05, 4.69) is 9.97 Å². The van der Waals surface area contributed by atoms with Crippen LogP contribution in [-0.2, 0) is 0 Å². The van der Waals surface area contributed by atoms with Gasteiger partial charge in [-0.15, -0.1) is 0 Å². The summed E-state index contributed by atoms with van der Waals surface area (Å²) in [4.78, 5) is 19.2. The number of para-hydroxylation sites is 1. The molecule has 0 unspecified atom stereocenters. The predicted molar refractivity (Wildman–Crippen MR) is 86.6 cm³/mol. The van der Waals surface area contributed by atoms with Crippen LogP contribution in [0.5, 0.6) is 5.75 Å². The third-order valence-corrected chi connectivity index (χ3v) is 3.97. The molecule has 22 heavy (non-hydrogen) atoms. The molecule has 0 atom stereocenters. The van der Waals surface area contributed by atoms with Gasteiger partial charge < -0.3 is 14.7 Å². The summed E-state index contributed by atoms with van der Waals surface area (Å²) in [5.74, 6) is 0.733. The average molecular weight is 290 g/mol. The molecular formula is C18H14N2O2. The zero-order valence-corrected chi connectivity index (χ0v) is 12.0. The van der Waals surface area contributed by atoms with Gasteiger partial charge in [-0.1, -0.05) is 18.2 Å². The number of nitrogens with one attached hydrogen (secondary N) is 2. The van der Waals surface area contributed by atoms with Crippen molar-refractivity contribution in [3.63, 3.8) is 0 Å². The highest BCUT2D eigenvalue weighted by Gasteiger charge is 2.17. The summed E-state index contributed by atoms with van der Waals surface area (Å²) in [6.45, 7) is 0. The number of carbonyl (C=O) groups is 1. The largest absolute Gasteiger partial charge is 0.497 e. The molecule has 0 aliphatic rings. The molecule has 0 spiro atoms. The summed E-state index contributed by atoms with van der Waals surface area (Å²) >= 11 is 0. The second-order valence-corrected chi connectivity index (χ2v) is 5.19. The number of ether oxygens (including phenoxy) is 1. The van der Waals surface area contributed by atoms with Gasteiger partial charge in [0.15, 0.2) is 5.78 Å². The molecule has 2 heterocycles. The first kappa shape index (κ1) is 12.7. The Labute approximate surface area is 126 Å². The van der Waals surface area contributed by atoms with Crippen molar-refractivity contribution in [3.8, 4) is 5.75 Å². The molecular weight excluding hydrogens is 276 g/mol. The third-order valence-electron chi connectivity index (χ3n) is 3.97. The first-order valence-electron chi connectivity index (χ1n) is 7.04. The van der Waals surface area contributed by atoms with E-state index in [-0.39, 0.29) is 5.78 Å². The molecule has 4 nitrogen and oxygen atoms in total. The van der Waals surface area contributed by atoms with E-state index in [9.17, 15) is 4.79 Å². The topological polar surface area (TPSA) is 57.9 Å². The smallest absolute Gasteiger partial charge is 0.197 e. The maximum absolute atomic E-state index is 12.9. The molecule has 0 aliphatic heterocycles. The van der Waals surface area contributed by atoms with Gasteiger partial charge in [0.1, 0.15) is 5.75 Å². The minimum Gasteiger partial charge on any atom is -0.497 e. The summed E-state index contributed by atoms with van der Waals surface area (Å²) < 4.78 is 5.26. The third kappa shape index (κ3) is 1.81. The van der Waals surface area contributed by atoms with Crippen LogP contribution in [-0.4, -0.2) is 22.9 Å². The lowest BCUT2D eigenvalue weighted by atomic mass is 10.0. The lowest BCUT2D eigenvalue weighted by molar-refractivity contribution is 0.104. The van der Waals surface area contributed by atoms with Crippen molar-refractivity contribution in [2.45, 2.75) is 0 Å². The maximum atomic E-state index is 12.9. The van der Waals surface area contributed by atoms with E-state index in [1.165, 1.54) is 0 Å². The molecule has 2 N–H and O–H groups in total. The highest BCUT2D eigenvalue weighted by atomic mass is 16.5. The van der Waals surface area contributed by atoms with Gasteiger partial charge >= 0.3 is 0 Å². The fourth-order valence-corrected chi connectivity index (χ4v) is 2.82. The number of hydrogen-bond acceptors (Lipinski definition) is 2. The molecule has 0 aliphatic carbocycles. The Morgan fingerprint density at radius 3 is 2.36 bits per heavy atom.